The van der Waals surface area contributed by atoms with Crippen LogP contribution in [0.3, 0.4) is 0 Å². The first-order chi connectivity index (χ1) is 32.6. The summed E-state index contributed by atoms with van der Waals surface area (Å²) in [5, 5.41) is 0. The van der Waals surface area contributed by atoms with Crippen LogP contribution in [0.25, 0.3) is 57.1 Å². The molecule has 0 unspecified atom stereocenters. The van der Waals surface area contributed by atoms with Crippen molar-refractivity contribution in [1.29, 1.82) is 0 Å². The summed E-state index contributed by atoms with van der Waals surface area (Å²) in [5.41, 5.74) is 5.52. The highest BCUT2D eigenvalue weighted by molar-refractivity contribution is 7.39. The van der Waals surface area contributed by atoms with Crippen LogP contribution in [0.4, 0.5) is 0 Å². The van der Waals surface area contributed by atoms with Gasteiger partial charge >= 0.3 is 17.9 Å². The zero-order valence-corrected chi connectivity index (χ0v) is 52.0. The summed E-state index contributed by atoms with van der Waals surface area (Å²) >= 11 is 25.9. The molecule has 0 saturated heterocycles. The van der Waals surface area contributed by atoms with Gasteiger partial charge in [0.2, 0.25) is 0 Å². The van der Waals surface area contributed by atoms with Crippen molar-refractivity contribution in [2.45, 2.75) is 137 Å². The third-order valence-corrected chi connectivity index (χ3v) is 39.8. The van der Waals surface area contributed by atoms with Crippen LogP contribution in [0.5, 0.6) is 0 Å². The van der Waals surface area contributed by atoms with Crippen molar-refractivity contribution in [3.63, 3.8) is 0 Å². The molecule has 0 N–H and O–H groups in total. The molecule has 0 aromatic carbocycles. The van der Waals surface area contributed by atoms with E-state index in [1.54, 1.807) is 56.9 Å². The molecule has 8 aromatic heterocycles. The normalized spacial score (nSPS) is 12.7. The number of halogens is 2. The SMILES string of the molecule is CCOC(=O)c1c(-c2cc3sc([Si](C(C)C)(C(C)C)C(C)C)cc3s2)sc2cc(Cl)sc12.CCOC(=O)c1c(Cl)sc2c(C(=O)OCC)c(-c3cc4sc([Si](C(C)C)(C(C)C)C(C)C)cc4s3)sc12. The fourth-order valence-electron chi connectivity index (χ4n) is 11.3. The molecule has 0 fully saturated rings. The van der Waals surface area contributed by atoms with Gasteiger partial charge in [-0.1, -0.05) is 106 Å². The van der Waals surface area contributed by atoms with E-state index in [1.807, 2.05) is 35.7 Å². The van der Waals surface area contributed by atoms with E-state index in [9.17, 15) is 14.4 Å². The molecule has 0 radical (unpaired) electrons. The van der Waals surface area contributed by atoms with Gasteiger partial charge in [-0.3, -0.25) is 0 Å². The number of carbonyl (C=O) groups excluding carboxylic acids is 3. The fraction of sp³-hybridized carbons (Fsp3) is 0.471. The molecule has 0 bridgehead atoms. The summed E-state index contributed by atoms with van der Waals surface area (Å²) in [6.07, 6.45) is 0. The Morgan fingerprint density at radius 2 is 0.797 bits per heavy atom. The maximum atomic E-state index is 13.1. The number of esters is 3. The lowest BCUT2D eigenvalue weighted by Gasteiger charge is -2.42. The summed E-state index contributed by atoms with van der Waals surface area (Å²) < 4.78 is 28.9. The quantitative estimate of drug-likeness (QED) is 0.0545. The largest absolute Gasteiger partial charge is 0.462 e. The molecule has 8 heterocycles. The molecule has 8 aromatic rings. The van der Waals surface area contributed by atoms with Crippen LogP contribution in [-0.4, -0.2) is 53.9 Å². The van der Waals surface area contributed by atoms with Gasteiger partial charge in [-0.25, -0.2) is 14.4 Å². The molecule has 372 valence electrons. The summed E-state index contributed by atoms with van der Waals surface area (Å²) in [6.45, 7) is 35.1. The number of fused-ring (bicyclic) bond motifs is 4. The van der Waals surface area contributed by atoms with Crippen LogP contribution in [0.1, 0.15) is 135 Å². The van der Waals surface area contributed by atoms with Crippen molar-refractivity contribution in [3.05, 3.63) is 55.7 Å². The van der Waals surface area contributed by atoms with E-state index in [1.165, 1.54) is 52.8 Å². The maximum Gasteiger partial charge on any atom is 0.341 e. The lowest BCUT2D eigenvalue weighted by atomic mass is 10.2. The highest BCUT2D eigenvalue weighted by Gasteiger charge is 2.47. The van der Waals surface area contributed by atoms with Crippen LogP contribution in [0.2, 0.25) is 41.9 Å². The van der Waals surface area contributed by atoms with E-state index < -0.39 is 22.1 Å². The summed E-state index contributed by atoms with van der Waals surface area (Å²) in [7, 11) is -3.42. The van der Waals surface area contributed by atoms with Crippen LogP contribution >= 0.6 is 114 Å². The molecule has 8 rings (SSSR count). The maximum absolute atomic E-state index is 13.1. The average molecular weight is 1150 g/mol. The monoisotopic (exact) mass is 1150 g/mol. The van der Waals surface area contributed by atoms with Gasteiger partial charge in [0.1, 0.15) is 26.0 Å². The van der Waals surface area contributed by atoms with Gasteiger partial charge in [0.25, 0.3) is 0 Å². The molecule has 18 heteroatoms. The summed E-state index contributed by atoms with van der Waals surface area (Å²) in [6, 6.07) is 11.3. The minimum absolute atomic E-state index is 0.254. The van der Waals surface area contributed by atoms with E-state index in [2.05, 4.69) is 107 Å². The molecule has 69 heavy (non-hydrogen) atoms. The molecule has 0 aliphatic carbocycles. The standard InChI is InChI=1S/C27H33ClO4S4Si.C24H29ClO2S4Si/c1-9-31-26(29)20-22(35-24-21(27(30)32-10-2)25(28)36-23(20)24)18-11-16-17(33-18)12-19(34-16)37(13(3)4,14(5)6)15(7)8;1-8-27-24(26)21-22(30-18-10-19(25)31-23(18)21)17-9-15-16(28-17)11-20(29-15)32(12(2)3,13(4)5)14(6)7/h11-15H,9-10H2,1-8H3;9-14H,8H2,1-7H3. The number of hydrogen-bond donors (Lipinski definition) is 0. The minimum atomic E-state index is -1.75. The van der Waals surface area contributed by atoms with Crippen molar-refractivity contribution in [2.75, 3.05) is 19.8 Å². The molecule has 0 saturated carbocycles. The highest BCUT2D eigenvalue weighted by Crippen LogP contribution is 2.53. The second-order valence-corrected chi connectivity index (χ2v) is 41.3. The van der Waals surface area contributed by atoms with E-state index in [-0.39, 0.29) is 25.2 Å². The van der Waals surface area contributed by atoms with E-state index in [0.29, 0.717) is 74.6 Å². The van der Waals surface area contributed by atoms with Gasteiger partial charge in [-0.2, -0.15) is 0 Å². The molecule has 0 spiro atoms. The number of ether oxygens (including phenoxy) is 3. The van der Waals surface area contributed by atoms with Crippen molar-refractivity contribution in [1.82, 2.24) is 0 Å². The van der Waals surface area contributed by atoms with E-state index in [0.717, 1.165) is 28.9 Å². The lowest BCUT2D eigenvalue weighted by Crippen LogP contribution is -2.54. The molecule has 0 amide bonds. The molecular formula is C51H62Cl2O6S8Si2. The Hall–Kier alpha value is -1.94. The minimum Gasteiger partial charge on any atom is -0.462 e. The lowest BCUT2D eigenvalue weighted by molar-refractivity contribution is 0.0519. The van der Waals surface area contributed by atoms with Gasteiger partial charge in [0, 0.05) is 33.3 Å². The number of carbonyl (C=O) groups is 3. The first-order valence-corrected chi connectivity index (χ1v) is 35.4. The number of rotatable bonds is 16. The number of thiophene rings is 8. The fourth-order valence-corrected chi connectivity index (χ4v) is 40.3. The Labute approximate surface area is 451 Å². The van der Waals surface area contributed by atoms with Crippen LogP contribution in [0, 0.1) is 0 Å². The zero-order valence-electron chi connectivity index (χ0n) is 41.9. The van der Waals surface area contributed by atoms with Gasteiger partial charge in [0.15, 0.2) is 0 Å². The molecular weight excluding hydrogens is 1090 g/mol. The zero-order chi connectivity index (χ0) is 50.6. The van der Waals surface area contributed by atoms with Crippen LogP contribution in [-0.2, 0) is 14.2 Å². The van der Waals surface area contributed by atoms with Crippen molar-refractivity contribution < 1.29 is 28.6 Å². The smallest absolute Gasteiger partial charge is 0.341 e. The Morgan fingerprint density at radius 1 is 0.435 bits per heavy atom. The van der Waals surface area contributed by atoms with Crippen LogP contribution < -0.4 is 9.00 Å². The van der Waals surface area contributed by atoms with Crippen molar-refractivity contribution in [3.8, 4) is 19.5 Å². The van der Waals surface area contributed by atoms with Gasteiger partial charge in [-0.15, -0.1) is 90.7 Å². The second kappa shape index (κ2) is 21.9. The Bertz CT molecular complexity index is 3040. The third kappa shape index (κ3) is 9.71. The Kier molecular flexibility index (Phi) is 17.4. The average Bonchev–Trinajstić information content (AvgIpc) is 4.11. The van der Waals surface area contributed by atoms with E-state index in [4.69, 9.17) is 37.4 Å². The molecule has 6 nitrogen and oxygen atoms in total. The summed E-state index contributed by atoms with van der Waals surface area (Å²) in [4.78, 5) is 42.7. The third-order valence-electron chi connectivity index (χ3n) is 13.7. The molecule has 0 aliphatic heterocycles. The molecule has 0 atom stereocenters. The van der Waals surface area contributed by atoms with Crippen molar-refractivity contribution >= 4 is 195 Å². The van der Waals surface area contributed by atoms with Crippen LogP contribution in [0.15, 0.2) is 30.3 Å². The van der Waals surface area contributed by atoms with Gasteiger partial charge < -0.3 is 14.2 Å². The van der Waals surface area contributed by atoms with Gasteiger partial charge in [0.05, 0.1) is 59.1 Å². The first-order valence-electron chi connectivity index (χ1n) is 23.7. The molecule has 0 aliphatic rings. The Balaban J connectivity index is 0.000000206. The topological polar surface area (TPSA) is 78.9 Å². The van der Waals surface area contributed by atoms with E-state index >= 15 is 0 Å². The second-order valence-electron chi connectivity index (χ2n) is 19.1. The van der Waals surface area contributed by atoms with Crippen molar-refractivity contribution in [2.24, 2.45) is 0 Å². The summed E-state index contributed by atoms with van der Waals surface area (Å²) in [5.74, 6) is -1.10. The number of hydrogen-bond acceptors (Lipinski definition) is 14. The predicted octanol–water partition coefficient (Wildman–Crippen LogP) is 19.4. The highest BCUT2D eigenvalue weighted by atomic mass is 35.5. The predicted molar refractivity (Wildman–Crippen MR) is 316 cm³/mol. The Morgan fingerprint density at radius 3 is 1.19 bits per heavy atom. The van der Waals surface area contributed by atoms with Gasteiger partial charge in [-0.05, 0) is 93.4 Å². The first kappa shape index (κ1) is 54.8.